The van der Waals surface area contributed by atoms with Gasteiger partial charge < -0.3 is 9.84 Å². The molecule has 0 atom stereocenters. The Hall–Kier alpha value is -1.98. The molecule has 1 heterocycles. The van der Waals surface area contributed by atoms with Crippen LogP contribution in [0.25, 0.3) is 0 Å². The maximum atomic E-state index is 11.4. The highest BCUT2D eigenvalue weighted by atomic mass is 16.5. The Bertz CT molecular complexity index is 417. The van der Waals surface area contributed by atoms with Gasteiger partial charge in [0.05, 0.1) is 12.3 Å². The fourth-order valence-corrected chi connectivity index (χ4v) is 1.09. The number of aromatic nitrogens is 2. The second-order valence-electron chi connectivity index (χ2n) is 2.94. The van der Waals surface area contributed by atoms with Crippen LogP contribution in [0, 0.1) is 0 Å². The smallest absolute Gasteiger partial charge is 0.359 e. The van der Waals surface area contributed by atoms with Gasteiger partial charge in [0.15, 0.2) is 11.4 Å². The zero-order chi connectivity index (χ0) is 12.1. The first-order chi connectivity index (χ1) is 7.60. The number of carbonyl (C=O) groups is 2. The molecule has 0 bridgehead atoms. The van der Waals surface area contributed by atoms with Crippen molar-refractivity contribution in [3.63, 3.8) is 0 Å². The first kappa shape index (κ1) is 12.1. The van der Waals surface area contributed by atoms with E-state index >= 15 is 0 Å². The molecule has 1 rings (SSSR count). The molecule has 0 fully saturated rings. The van der Waals surface area contributed by atoms with Gasteiger partial charge in [-0.05, 0) is 13.3 Å². The largest absolute Gasteiger partial charge is 0.476 e. The third kappa shape index (κ3) is 2.53. The summed E-state index contributed by atoms with van der Waals surface area (Å²) in [7, 11) is 0. The van der Waals surface area contributed by atoms with Gasteiger partial charge in [0.2, 0.25) is 0 Å². The molecule has 0 aromatic carbocycles. The highest BCUT2D eigenvalue weighted by molar-refractivity contribution is 5.99. The molecule has 0 aliphatic carbocycles. The molecule has 1 N–H and O–H groups in total. The lowest BCUT2D eigenvalue weighted by molar-refractivity contribution is 0.0505. The predicted molar refractivity (Wildman–Crippen MR) is 54.3 cm³/mol. The number of esters is 1. The van der Waals surface area contributed by atoms with Crippen LogP contribution in [0.4, 0.5) is 0 Å². The highest BCUT2D eigenvalue weighted by Gasteiger charge is 2.21. The van der Waals surface area contributed by atoms with Crippen molar-refractivity contribution in [2.75, 3.05) is 6.61 Å². The van der Waals surface area contributed by atoms with E-state index in [1.165, 1.54) is 6.20 Å². The number of carbonyl (C=O) groups excluding carboxylic acids is 1. The van der Waals surface area contributed by atoms with Gasteiger partial charge in [-0.15, -0.1) is 0 Å². The van der Waals surface area contributed by atoms with Crippen molar-refractivity contribution >= 4 is 11.9 Å². The van der Waals surface area contributed by atoms with Crippen LogP contribution >= 0.6 is 0 Å². The second-order valence-corrected chi connectivity index (χ2v) is 2.94. The van der Waals surface area contributed by atoms with Crippen LogP contribution in [-0.4, -0.2) is 33.6 Å². The van der Waals surface area contributed by atoms with E-state index in [2.05, 4.69) is 14.7 Å². The number of carboxylic acid groups (broad SMARTS) is 1. The van der Waals surface area contributed by atoms with E-state index in [-0.39, 0.29) is 18.0 Å². The van der Waals surface area contributed by atoms with Gasteiger partial charge in [-0.3, -0.25) is 0 Å². The summed E-state index contributed by atoms with van der Waals surface area (Å²) < 4.78 is 4.69. The Morgan fingerprint density at radius 2 is 2.06 bits per heavy atom. The number of aromatic carboxylic acids is 1. The Morgan fingerprint density at radius 1 is 1.38 bits per heavy atom. The normalized spacial score (nSPS) is 9.88. The SMILES string of the molecule is CCOC(=O)c1ncc(CC)nc1C(=O)O. The topological polar surface area (TPSA) is 89.4 Å². The highest BCUT2D eigenvalue weighted by Crippen LogP contribution is 2.07. The quantitative estimate of drug-likeness (QED) is 0.764. The summed E-state index contributed by atoms with van der Waals surface area (Å²) >= 11 is 0. The molecule has 0 radical (unpaired) electrons. The van der Waals surface area contributed by atoms with E-state index in [9.17, 15) is 9.59 Å². The maximum absolute atomic E-state index is 11.4. The molecule has 16 heavy (non-hydrogen) atoms. The molecular weight excluding hydrogens is 212 g/mol. The number of carboxylic acids is 1. The van der Waals surface area contributed by atoms with E-state index < -0.39 is 11.9 Å². The van der Waals surface area contributed by atoms with E-state index in [4.69, 9.17) is 5.11 Å². The van der Waals surface area contributed by atoms with Crippen molar-refractivity contribution in [1.29, 1.82) is 0 Å². The summed E-state index contributed by atoms with van der Waals surface area (Å²) in [6.45, 7) is 3.61. The lowest BCUT2D eigenvalue weighted by atomic mass is 10.2. The van der Waals surface area contributed by atoms with Crippen molar-refractivity contribution in [2.24, 2.45) is 0 Å². The van der Waals surface area contributed by atoms with Crippen LogP contribution in [0.15, 0.2) is 6.20 Å². The van der Waals surface area contributed by atoms with Crippen LogP contribution in [-0.2, 0) is 11.2 Å². The second kappa shape index (κ2) is 5.20. The predicted octanol–water partition coefficient (Wildman–Crippen LogP) is 0.914. The van der Waals surface area contributed by atoms with Gasteiger partial charge in [0.25, 0.3) is 0 Å². The molecule has 0 unspecified atom stereocenters. The molecule has 6 nitrogen and oxygen atoms in total. The molecule has 0 amide bonds. The zero-order valence-corrected chi connectivity index (χ0v) is 9.06. The summed E-state index contributed by atoms with van der Waals surface area (Å²) in [4.78, 5) is 29.9. The fraction of sp³-hybridized carbons (Fsp3) is 0.400. The van der Waals surface area contributed by atoms with Crippen molar-refractivity contribution in [1.82, 2.24) is 9.97 Å². The van der Waals surface area contributed by atoms with Gasteiger partial charge in [0, 0.05) is 6.20 Å². The van der Waals surface area contributed by atoms with Crippen molar-refractivity contribution < 1.29 is 19.4 Å². The average Bonchev–Trinajstić information content (AvgIpc) is 2.28. The van der Waals surface area contributed by atoms with Crippen LogP contribution in [0.1, 0.15) is 40.5 Å². The standard InChI is InChI=1S/C10H12N2O4/c1-3-6-5-11-8(10(15)16-4-2)7(12-6)9(13)14/h5H,3-4H2,1-2H3,(H,13,14). The molecule has 6 heteroatoms. The number of hydrogen-bond acceptors (Lipinski definition) is 5. The van der Waals surface area contributed by atoms with Gasteiger partial charge >= 0.3 is 11.9 Å². The Labute approximate surface area is 92.3 Å². The summed E-state index contributed by atoms with van der Waals surface area (Å²) in [6, 6.07) is 0. The zero-order valence-electron chi connectivity index (χ0n) is 9.06. The summed E-state index contributed by atoms with van der Waals surface area (Å²) in [6.07, 6.45) is 1.93. The molecule has 1 aromatic heterocycles. The van der Waals surface area contributed by atoms with Crippen LogP contribution in [0.3, 0.4) is 0 Å². The minimum absolute atomic E-state index is 0.162. The number of aryl methyl sites for hydroxylation is 1. The number of ether oxygens (including phenoxy) is 1. The van der Waals surface area contributed by atoms with Crippen LogP contribution in [0.5, 0.6) is 0 Å². The number of rotatable bonds is 4. The maximum Gasteiger partial charge on any atom is 0.359 e. The van der Waals surface area contributed by atoms with Crippen molar-refractivity contribution in [3.05, 3.63) is 23.3 Å². The third-order valence-electron chi connectivity index (χ3n) is 1.86. The molecule has 0 aliphatic rings. The Morgan fingerprint density at radius 3 is 2.56 bits per heavy atom. The first-order valence-corrected chi connectivity index (χ1v) is 4.86. The van der Waals surface area contributed by atoms with E-state index in [0.717, 1.165) is 0 Å². The van der Waals surface area contributed by atoms with Crippen LogP contribution < -0.4 is 0 Å². The summed E-state index contributed by atoms with van der Waals surface area (Å²) in [5.74, 6) is -2.05. The monoisotopic (exact) mass is 224 g/mol. The molecule has 86 valence electrons. The number of nitrogens with zero attached hydrogens (tertiary/aromatic N) is 2. The lowest BCUT2D eigenvalue weighted by Crippen LogP contribution is -2.16. The van der Waals surface area contributed by atoms with Gasteiger partial charge in [-0.2, -0.15) is 0 Å². The van der Waals surface area contributed by atoms with Gasteiger partial charge in [0.1, 0.15) is 0 Å². The van der Waals surface area contributed by atoms with Gasteiger partial charge in [-0.25, -0.2) is 19.6 Å². The van der Waals surface area contributed by atoms with Crippen molar-refractivity contribution in [3.8, 4) is 0 Å². The molecule has 1 aromatic rings. The minimum atomic E-state index is -1.29. The molecule has 0 aliphatic heterocycles. The summed E-state index contributed by atoms with van der Waals surface area (Å²) in [5.41, 5.74) is -0.102. The van der Waals surface area contributed by atoms with E-state index in [1.807, 2.05) is 6.92 Å². The lowest BCUT2D eigenvalue weighted by Gasteiger charge is -2.05. The average molecular weight is 224 g/mol. The van der Waals surface area contributed by atoms with E-state index in [0.29, 0.717) is 12.1 Å². The number of hydrogen-bond donors (Lipinski definition) is 1. The summed E-state index contributed by atoms with van der Waals surface area (Å²) in [5, 5.41) is 8.89. The molecule has 0 saturated heterocycles. The molecule has 0 spiro atoms. The fourth-order valence-electron chi connectivity index (χ4n) is 1.09. The first-order valence-electron chi connectivity index (χ1n) is 4.86. The Kier molecular flexibility index (Phi) is 3.93. The minimum Gasteiger partial charge on any atom is -0.476 e. The van der Waals surface area contributed by atoms with E-state index in [1.54, 1.807) is 6.92 Å². The third-order valence-corrected chi connectivity index (χ3v) is 1.86. The van der Waals surface area contributed by atoms with Crippen molar-refractivity contribution in [2.45, 2.75) is 20.3 Å². The Balaban J connectivity index is 3.17. The molecule has 0 saturated carbocycles. The van der Waals surface area contributed by atoms with Gasteiger partial charge in [-0.1, -0.05) is 6.92 Å². The molecular formula is C10H12N2O4. The van der Waals surface area contributed by atoms with Crippen LogP contribution in [0.2, 0.25) is 0 Å².